The highest BCUT2D eigenvalue weighted by Crippen LogP contribution is 2.21. The van der Waals surface area contributed by atoms with Crippen molar-refractivity contribution in [2.75, 3.05) is 36.4 Å². The van der Waals surface area contributed by atoms with Crippen LogP contribution in [-0.2, 0) is 15.8 Å². The predicted molar refractivity (Wildman–Crippen MR) is 117 cm³/mol. The van der Waals surface area contributed by atoms with Crippen LogP contribution in [0.25, 0.3) is 0 Å². The van der Waals surface area contributed by atoms with Gasteiger partial charge in [0.25, 0.3) is 0 Å². The molecule has 8 nitrogen and oxygen atoms in total. The van der Waals surface area contributed by atoms with Crippen LogP contribution in [0, 0.1) is 18.6 Å². The van der Waals surface area contributed by atoms with Crippen molar-refractivity contribution in [2.45, 2.75) is 12.7 Å². The van der Waals surface area contributed by atoms with Crippen molar-refractivity contribution in [1.82, 2.24) is 19.3 Å². The average Bonchev–Trinajstić information content (AvgIpc) is 2.73. The number of hydrogen-bond acceptors (Lipinski definition) is 7. The molecule has 0 unspecified atom stereocenters. The number of benzene rings is 1. The number of hydrogen-bond donors (Lipinski definition) is 1. The van der Waals surface area contributed by atoms with Crippen molar-refractivity contribution in [3.8, 4) is 0 Å². The zero-order valence-electron chi connectivity index (χ0n) is 17.4. The normalized spacial score (nSPS) is 15.0. The van der Waals surface area contributed by atoms with Gasteiger partial charge in [-0.05, 0) is 42.3 Å². The third kappa shape index (κ3) is 5.35. The van der Waals surface area contributed by atoms with Crippen LogP contribution in [0.1, 0.15) is 11.1 Å². The predicted octanol–water partition coefficient (Wildman–Crippen LogP) is 2.85. The van der Waals surface area contributed by atoms with Crippen molar-refractivity contribution < 1.29 is 17.2 Å². The minimum absolute atomic E-state index is 0.0844. The number of halogens is 2. The molecule has 32 heavy (non-hydrogen) atoms. The third-order valence-electron chi connectivity index (χ3n) is 5.05. The maximum absolute atomic E-state index is 13.4. The Morgan fingerprint density at radius 3 is 2.31 bits per heavy atom. The molecule has 11 heteroatoms. The lowest BCUT2D eigenvalue weighted by atomic mass is 10.2. The molecule has 1 aliphatic heterocycles. The lowest BCUT2D eigenvalue weighted by Gasteiger charge is -2.34. The van der Waals surface area contributed by atoms with Crippen molar-refractivity contribution in [2.24, 2.45) is 0 Å². The Bertz CT molecular complexity index is 1200. The first kappa shape index (κ1) is 22.0. The fraction of sp³-hybridized carbons (Fsp3) is 0.286. The van der Waals surface area contributed by atoms with Gasteiger partial charge in [-0.3, -0.25) is 0 Å². The minimum atomic E-state index is -3.71. The molecule has 1 fully saturated rings. The van der Waals surface area contributed by atoms with Gasteiger partial charge in [-0.1, -0.05) is 0 Å². The molecule has 3 aromatic rings. The number of pyridine rings is 1. The van der Waals surface area contributed by atoms with E-state index in [4.69, 9.17) is 0 Å². The molecule has 3 heterocycles. The molecule has 168 valence electrons. The number of rotatable bonds is 6. The first-order chi connectivity index (χ1) is 15.3. The number of anilines is 3. The van der Waals surface area contributed by atoms with Gasteiger partial charge in [-0.25, -0.2) is 32.2 Å². The van der Waals surface area contributed by atoms with Crippen LogP contribution in [0.4, 0.5) is 26.2 Å². The van der Waals surface area contributed by atoms with Crippen LogP contribution in [-0.4, -0.2) is 53.9 Å². The lowest BCUT2D eigenvalue weighted by Crippen LogP contribution is -2.49. The molecule has 0 aliphatic carbocycles. The van der Waals surface area contributed by atoms with Crippen LogP contribution in [0.2, 0.25) is 0 Å². The van der Waals surface area contributed by atoms with E-state index >= 15 is 0 Å². The Kier molecular flexibility index (Phi) is 6.28. The van der Waals surface area contributed by atoms with E-state index in [-0.39, 0.29) is 18.7 Å². The third-order valence-corrected chi connectivity index (χ3v) is 6.90. The van der Waals surface area contributed by atoms with Gasteiger partial charge in [-0.15, -0.1) is 0 Å². The van der Waals surface area contributed by atoms with Crippen molar-refractivity contribution in [3.63, 3.8) is 0 Å². The highest BCUT2D eigenvalue weighted by molar-refractivity contribution is 7.88. The Morgan fingerprint density at radius 1 is 0.938 bits per heavy atom. The summed E-state index contributed by atoms with van der Waals surface area (Å²) in [6.07, 6.45) is 3.15. The second-order valence-electron chi connectivity index (χ2n) is 7.52. The van der Waals surface area contributed by atoms with Crippen LogP contribution in [0.15, 0.2) is 48.9 Å². The second kappa shape index (κ2) is 9.13. The van der Waals surface area contributed by atoms with Gasteiger partial charge in [0.15, 0.2) is 0 Å². The largest absolute Gasteiger partial charge is 0.354 e. The lowest BCUT2D eigenvalue weighted by molar-refractivity contribution is 0.383. The van der Waals surface area contributed by atoms with Crippen LogP contribution >= 0.6 is 0 Å². The van der Waals surface area contributed by atoms with Gasteiger partial charge in [0, 0.05) is 44.5 Å². The van der Waals surface area contributed by atoms with E-state index in [1.54, 1.807) is 12.3 Å². The van der Waals surface area contributed by atoms with E-state index in [2.05, 4.69) is 20.3 Å². The SMILES string of the molecule is Cc1ccnc(Nc2cc(N3CCN(S(=O)(=O)Cc4cc(F)cc(F)c4)CC3)ncn2)c1. The van der Waals surface area contributed by atoms with Crippen LogP contribution in [0.3, 0.4) is 0 Å². The molecule has 1 aromatic carbocycles. The molecular formula is C21H22F2N6O2S. The molecule has 1 saturated heterocycles. The number of aryl methyl sites for hydroxylation is 1. The van der Waals surface area contributed by atoms with Gasteiger partial charge >= 0.3 is 0 Å². The molecule has 1 aliphatic rings. The van der Waals surface area contributed by atoms with E-state index in [1.807, 2.05) is 24.0 Å². The summed E-state index contributed by atoms with van der Waals surface area (Å²) >= 11 is 0. The Labute approximate surface area is 185 Å². The fourth-order valence-electron chi connectivity index (χ4n) is 3.52. The quantitative estimate of drug-likeness (QED) is 0.605. The van der Waals surface area contributed by atoms with Crippen molar-refractivity contribution >= 4 is 27.5 Å². The molecule has 0 amide bonds. The van der Waals surface area contributed by atoms with E-state index < -0.39 is 27.4 Å². The molecular weight excluding hydrogens is 438 g/mol. The van der Waals surface area contributed by atoms with Crippen LogP contribution in [0.5, 0.6) is 0 Å². The van der Waals surface area contributed by atoms with Gasteiger partial charge < -0.3 is 10.2 Å². The molecule has 0 bridgehead atoms. The van der Waals surface area contributed by atoms with Gasteiger partial charge in [0.2, 0.25) is 10.0 Å². The molecule has 4 rings (SSSR count). The number of nitrogens with zero attached hydrogens (tertiary/aromatic N) is 5. The Balaban J connectivity index is 1.40. The topological polar surface area (TPSA) is 91.3 Å². The van der Waals surface area contributed by atoms with E-state index in [0.29, 0.717) is 30.5 Å². The van der Waals surface area contributed by atoms with Crippen molar-refractivity contribution in [3.05, 3.63) is 71.7 Å². The van der Waals surface area contributed by atoms with Crippen molar-refractivity contribution in [1.29, 1.82) is 0 Å². The van der Waals surface area contributed by atoms with E-state index in [9.17, 15) is 17.2 Å². The summed E-state index contributed by atoms with van der Waals surface area (Å²) in [6, 6.07) is 8.37. The first-order valence-corrected chi connectivity index (χ1v) is 11.6. The number of piperazine rings is 1. The summed E-state index contributed by atoms with van der Waals surface area (Å²) in [4.78, 5) is 14.7. The maximum atomic E-state index is 13.4. The summed E-state index contributed by atoms with van der Waals surface area (Å²) < 4.78 is 53.6. The number of nitrogens with one attached hydrogen (secondary N) is 1. The second-order valence-corrected chi connectivity index (χ2v) is 9.49. The molecule has 1 N–H and O–H groups in total. The maximum Gasteiger partial charge on any atom is 0.218 e. The van der Waals surface area contributed by atoms with E-state index in [0.717, 1.165) is 23.8 Å². The summed E-state index contributed by atoms with van der Waals surface area (Å²) in [5.41, 5.74) is 1.15. The zero-order valence-corrected chi connectivity index (χ0v) is 18.2. The summed E-state index contributed by atoms with van der Waals surface area (Å²) in [6.45, 7) is 3.31. The highest BCUT2D eigenvalue weighted by atomic mass is 32.2. The molecule has 0 atom stereocenters. The summed E-state index contributed by atoms with van der Waals surface area (Å²) in [7, 11) is -3.71. The van der Waals surface area contributed by atoms with Gasteiger partial charge in [0.1, 0.15) is 35.4 Å². The summed E-state index contributed by atoms with van der Waals surface area (Å²) in [5, 5.41) is 3.14. The molecule has 0 spiro atoms. The minimum Gasteiger partial charge on any atom is -0.354 e. The Morgan fingerprint density at radius 2 is 1.62 bits per heavy atom. The molecule has 2 aromatic heterocycles. The smallest absolute Gasteiger partial charge is 0.218 e. The van der Waals surface area contributed by atoms with Gasteiger partial charge in [-0.2, -0.15) is 4.31 Å². The van der Waals surface area contributed by atoms with Gasteiger partial charge in [0.05, 0.1) is 5.75 Å². The fourth-order valence-corrected chi connectivity index (χ4v) is 5.01. The van der Waals surface area contributed by atoms with Crippen LogP contribution < -0.4 is 10.2 Å². The first-order valence-electron chi connectivity index (χ1n) is 9.98. The van der Waals surface area contributed by atoms with E-state index in [1.165, 1.54) is 10.6 Å². The average molecular weight is 461 g/mol. The molecule has 0 saturated carbocycles. The highest BCUT2D eigenvalue weighted by Gasteiger charge is 2.28. The monoisotopic (exact) mass is 460 g/mol. The standard InChI is InChI=1S/C21H22F2N6O2S/c1-15-2-3-24-19(8-15)27-20-12-21(26-14-25-20)28-4-6-29(7-5-28)32(30,31)13-16-9-17(22)11-18(23)10-16/h2-3,8-12,14H,4-7,13H2,1H3,(H,24,25,26,27). The number of sulfonamides is 1. The zero-order chi connectivity index (χ0) is 22.7. The Hall–Kier alpha value is -3.18. The molecule has 0 radical (unpaired) electrons. The summed E-state index contributed by atoms with van der Waals surface area (Å²) in [5.74, 6) is -0.134. The number of aromatic nitrogens is 3.